The minimum Gasteiger partial charge on any atom is -0.423 e. The highest BCUT2D eigenvalue weighted by atomic mass is 79.9. The number of halogens is 1. The number of rotatable bonds is 3. The van der Waals surface area contributed by atoms with Crippen molar-refractivity contribution in [3.8, 4) is 11.3 Å². The molecule has 0 bridgehead atoms. The van der Waals surface area contributed by atoms with Crippen molar-refractivity contribution < 1.29 is 4.42 Å². The first-order chi connectivity index (χ1) is 14.0. The molecule has 0 aliphatic heterocycles. The topological polar surface area (TPSA) is 74.4 Å². The third-order valence-electron chi connectivity index (χ3n) is 4.90. The van der Waals surface area contributed by atoms with E-state index in [0.717, 1.165) is 15.6 Å². The SMILES string of the molecule is Cn1c(=O)n(Cc2ccc(Br)cc2)c(=O)c2c1nc1oc(-c3ccccc3)cn12. The van der Waals surface area contributed by atoms with Gasteiger partial charge in [0.15, 0.2) is 16.9 Å². The number of fused-ring (bicyclic) bond motifs is 3. The summed E-state index contributed by atoms with van der Waals surface area (Å²) < 4.78 is 11.0. The highest BCUT2D eigenvalue weighted by Crippen LogP contribution is 2.24. The number of oxazole rings is 1. The average Bonchev–Trinajstić information content (AvgIpc) is 3.30. The molecule has 3 aromatic heterocycles. The van der Waals surface area contributed by atoms with Crippen molar-refractivity contribution in [2.75, 3.05) is 0 Å². The van der Waals surface area contributed by atoms with E-state index in [0.29, 0.717) is 16.9 Å². The van der Waals surface area contributed by atoms with Gasteiger partial charge in [0.2, 0.25) is 0 Å². The lowest BCUT2D eigenvalue weighted by molar-refractivity contribution is 0.610. The van der Waals surface area contributed by atoms with E-state index in [9.17, 15) is 9.59 Å². The first-order valence-corrected chi connectivity index (χ1v) is 9.73. The first kappa shape index (κ1) is 17.7. The molecular formula is C21H15BrN4O3. The van der Waals surface area contributed by atoms with Gasteiger partial charge >= 0.3 is 11.5 Å². The molecule has 5 rings (SSSR count). The van der Waals surface area contributed by atoms with Crippen molar-refractivity contribution in [2.45, 2.75) is 6.54 Å². The van der Waals surface area contributed by atoms with Crippen LogP contribution in [-0.4, -0.2) is 18.5 Å². The molecule has 0 unspecified atom stereocenters. The molecule has 2 aromatic carbocycles. The van der Waals surface area contributed by atoms with Gasteiger partial charge in [0, 0.05) is 17.1 Å². The molecule has 0 N–H and O–H groups in total. The van der Waals surface area contributed by atoms with Gasteiger partial charge in [-0.2, -0.15) is 4.98 Å². The first-order valence-electron chi connectivity index (χ1n) is 8.94. The summed E-state index contributed by atoms with van der Waals surface area (Å²) in [5, 5.41) is 0. The molecule has 0 aliphatic carbocycles. The lowest BCUT2D eigenvalue weighted by Crippen LogP contribution is -2.39. The van der Waals surface area contributed by atoms with E-state index in [-0.39, 0.29) is 12.4 Å². The van der Waals surface area contributed by atoms with Crippen molar-refractivity contribution in [3.63, 3.8) is 0 Å². The summed E-state index contributed by atoms with van der Waals surface area (Å²) in [6.45, 7) is 0.172. The Bertz CT molecular complexity index is 1470. The molecule has 144 valence electrons. The van der Waals surface area contributed by atoms with Crippen LogP contribution in [0.25, 0.3) is 28.3 Å². The van der Waals surface area contributed by atoms with Gasteiger partial charge in [-0.05, 0) is 17.7 Å². The maximum atomic E-state index is 13.2. The van der Waals surface area contributed by atoms with E-state index in [1.165, 1.54) is 9.13 Å². The zero-order valence-corrected chi connectivity index (χ0v) is 17.0. The second kappa shape index (κ2) is 6.59. The Labute approximate surface area is 172 Å². The Morgan fingerprint density at radius 1 is 1.03 bits per heavy atom. The van der Waals surface area contributed by atoms with Crippen molar-refractivity contribution in [1.29, 1.82) is 0 Å². The Morgan fingerprint density at radius 3 is 2.48 bits per heavy atom. The lowest BCUT2D eigenvalue weighted by atomic mass is 10.2. The van der Waals surface area contributed by atoms with E-state index in [1.54, 1.807) is 17.6 Å². The maximum absolute atomic E-state index is 13.2. The molecule has 29 heavy (non-hydrogen) atoms. The molecule has 0 spiro atoms. The molecule has 0 aliphatic rings. The minimum atomic E-state index is -0.422. The van der Waals surface area contributed by atoms with E-state index in [4.69, 9.17) is 4.42 Å². The Kier molecular flexibility index (Phi) is 4.02. The molecule has 0 saturated carbocycles. The Morgan fingerprint density at radius 2 is 1.76 bits per heavy atom. The van der Waals surface area contributed by atoms with E-state index in [1.807, 2.05) is 54.6 Å². The average molecular weight is 451 g/mol. The molecule has 5 aromatic rings. The molecule has 7 nitrogen and oxygen atoms in total. The number of hydrogen-bond donors (Lipinski definition) is 0. The summed E-state index contributed by atoms with van der Waals surface area (Å²) in [6.07, 6.45) is 1.73. The van der Waals surface area contributed by atoms with Crippen molar-refractivity contribution >= 4 is 32.9 Å². The second-order valence-electron chi connectivity index (χ2n) is 6.76. The van der Waals surface area contributed by atoms with Crippen LogP contribution in [0, 0.1) is 0 Å². The largest absolute Gasteiger partial charge is 0.423 e. The second-order valence-corrected chi connectivity index (χ2v) is 7.67. The van der Waals surface area contributed by atoms with E-state index < -0.39 is 11.2 Å². The molecule has 0 amide bonds. The quantitative estimate of drug-likeness (QED) is 0.422. The number of hydrogen-bond acceptors (Lipinski definition) is 4. The van der Waals surface area contributed by atoms with Gasteiger partial charge in [-0.25, -0.2) is 4.79 Å². The zero-order chi connectivity index (χ0) is 20.1. The van der Waals surface area contributed by atoms with Gasteiger partial charge in [0.25, 0.3) is 5.56 Å². The van der Waals surface area contributed by atoms with Gasteiger partial charge in [-0.3, -0.25) is 18.3 Å². The predicted molar refractivity (Wildman–Crippen MR) is 113 cm³/mol. The molecule has 0 radical (unpaired) electrons. The summed E-state index contributed by atoms with van der Waals surface area (Å²) in [7, 11) is 1.60. The van der Waals surface area contributed by atoms with Crippen LogP contribution in [0.3, 0.4) is 0 Å². The van der Waals surface area contributed by atoms with Gasteiger partial charge in [0.1, 0.15) is 0 Å². The fourth-order valence-corrected chi connectivity index (χ4v) is 3.67. The third-order valence-corrected chi connectivity index (χ3v) is 5.43. The zero-order valence-electron chi connectivity index (χ0n) is 15.4. The van der Waals surface area contributed by atoms with Crippen LogP contribution in [-0.2, 0) is 13.6 Å². The summed E-state index contributed by atoms with van der Waals surface area (Å²) in [4.78, 5) is 30.4. The minimum absolute atomic E-state index is 0.172. The van der Waals surface area contributed by atoms with E-state index >= 15 is 0 Å². The van der Waals surface area contributed by atoms with Crippen molar-refractivity contribution in [2.24, 2.45) is 7.05 Å². The number of nitrogens with zero attached hydrogens (tertiary/aromatic N) is 4. The van der Waals surface area contributed by atoms with Crippen LogP contribution in [0.2, 0.25) is 0 Å². The van der Waals surface area contributed by atoms with E-state index in [2.05, 4.69) is 20.9 Å². The summed E-state index contributed by atoms with van der Waals surface area (Å²) in [6, 6.07) is 17.1. The molecular weight excluding hydrogens is 436 g/mol. The summed E-state index contributed by atoms with van der Waals surface area (Å²) in [5.41, 5.74) is 1.51. The van der Waals surface area contributed by atoms with Crippen LogP contribution in [0.15, 0.2) is 79.3 Å². The highest BCUT2D eigenvalue weighted by Gasteiger charge is 2.20. The van der Waals surface area contributed by atoms with Crippen LogP contribution in [0.5, 0.6) is 0 Å². The van der Waals surface area contributed by atoms with Crippen molar-refractivity contribution in [1.82, 2.24) is 18.5 Å². The fraction of sp³-hybridized carbons (Fsp3) is 0.0952. The Hall–Kier alpha value is -3.39. The fourth-order valence-electron chi connectivity index (χ4n) is 3.40. The number of imidazole rings is 1. The highest BCUT2D eigenvalue weighted by molar-refractivity contribution is 9.10. The standard InChI is InChI=1S/C21H15BrN4O3/c1-24-18-17(19(27)26(21(24)28)11-13-7-9-15(22)10-8-13)25-12-16(29-20(25)23-18)14-5-3-2-4-6-14/h2-10,12H,11H2,1H3. The molecule has 0 saturated heterocycles. The van der Waals surface area contributed by atoms with Gasteiger partial charge < -0.3 is 4.42 Å². The molecule has 8 heteroatoms. The predicted octanol–water partition coefficient (Wildman–Crippen LogP) is 3.42. The van der Waals surface area contributed by atoms with Crippen LogP contribution >= 0.6 is 15.9 Å². The lowest BCUT2D eigenvalue weighted by Gasteiger charge is -2.08. The third kappa shape index (κ3) is 2.84. The Balaban J connectivity index is 1.73. The summed E-state index contributed by atoms with van der Waals surface area (Å²) >= 11 is 3.39. The van der Waals surface area contributed by atoms with Gasteiger partial charge in [-0.15, -0.1) is 0 Å². The number of benzene rings is 2. The monoisotopic (exact) mass is 450 g/mol. The summed E-state index contributed by atoms with van der Waals surface area (Å²) in [5.74, 6) is 0.870. The van der Waals surface area contributed by atoms with Gasteiger partial charge in [-0.1, -0.05) is 58.4 Å². The van der Waals surface area contributed by atoms with Gasteiger partial charge in [0.05, 0.1) is 12.7 Å². The number of aromatic nitrogens is 4. The van der Waals surface area contributed by atoms with Crippen LogP contribution in [0.4, 0.5) is 0 Å². The molecule has 0 fully saturated rings. The smallest absolute Gasteiger partial charge is 0.332 e. The maximum Gasteiger partial charge on any atom is 0.332 e. The van der Waals surface area contributed by atoms with Crippen LogP contribution < -0.4 is 11.2 Å². The normalized spacial score (nSPS) is 11.5. The van der Waals surface area contributed by atoms with Crippen LogP contribution in [0.1, 0.15) is 5.56 Å². The van der Waals surface area contributed by atoms with Crippen molar-refractivity contribution in [3.05, 3.63) is 91.7 Å². The molecule has 3 heterocycles. The molecule has 0 atom stereocenters. The number of aryl methyl sites for hydroxylation is 1.